The maximum absolute atomic E-state index is 12.7. The van der Waals surface area contributed by atoms with Gasteiger partial charge in [-0.2, -0.15) is 4.31 Å². The van der Waals surface area contributed by atoms with Crippen molar-refractivity contribution in [2.45, 2.75) is 37.8 Å². The summed E-state index contributed by atoms with van der Waals surface area (Å²) in [6, 6.07) is 6.90. The van der Waals surface area contributed by atoms with Crippen LogP contribution in [0, 0.1) is 5.41 Å². The van der Waals surface area contributed by atoms with Gasteiger partial charge in [0.1, 0.15) is 0 Å². The summed E-state index contributed by atoms with van der Waals surface area (Å²) in [5.74, 6) is 0. The van der Waals surface area contributed by atoms with E-state index < -0.39 is 10.0 Å². The van der Waals surface area contributed by atoms with E-state index >= 15 is 0 Å². The molecule has 0 radical (unpaired) electrons. The van der Waals surface area contributed by atoms with Gasteiger partial charge >= 0.3 is 0 Å². The number of benzene rings is 1. The van der Waals surface area contributed by atoms with Gasteiger partial charge in [0.15, 0.2) is 0 Å². The first-order chi connectivity index (χ1) is 9.77. The van der Waals surface area contributed by atoms with Crippen LogP contribution < -0.4 is 5.73 Å². The highest BCUT2D eigenvalue weighted by molar-refractivity contribution is 7.89. The van der Waals surface area contributed by atoms with Crippen LogP contribution in [0.3, 0.4) is 0 Å². The van der Waals surface area contributed by atoms with Crippen LogP contribution in [-0.4, -0.2) is 39.0 Å². The zero-order valence-corrected chi connectivity index (χ0v) is 14.9. The van der Waals surface area contributed by atoms with Gasteiger partial charge < -0.3 is 10.5 Å². The van der Waals surface area contributed by atoms with Crippen molar-refractivity contribution in [2.75, 3.05) is 20.2 Å². The molecule has 0 bridgehead atoms. The molecule has 2 rings (SSSR count). The molecule has 1 atom stereocenters. The van der Waals surface area contributed by atoms with Crippen LogP contribution in [0.25, 0.3) is 0 Å². The van der Waals surface area contributed by atoms with Gasteiger partial charge in [0.2, 0.25) is 10.0 Å². The Balaban J connectivity index is 0.00000242. The Hall–Kier alpha value is -0.660. The lowest BCUT2D eigenvalue weighted by Crippen LogP contribution is -2.53. The Morgan fingerprint density at radius 2 is 1.91 bits per heavy atom. The molecule has 5 nitrogen and oxygen atoms in total. The molecule has 22 heavy (non-hydrogen) atoms. The van der Waals surface area contributed by atoms with Gasteiger partial charge in [-0.1, -0.05) is 26.0 Å². The van der Waals surface area contributed by atoms with Gasteiger partial charge in [0.25, 0.3) is 0 Å². The number of methoxy groups -OCH3 is 1. The summed E-state index contributed by atoms with van der Waals surface area (Å²) >= 11 is 0. The maximum atomic E-state index is 12.7. The Morgan fingerprint density at radius 1 is 1.32 bits per heavy atom. The van der Waals surface area contributed by atoms with Gasteiger partial charge in [-0.15, -0.1) is 12.4 Å². The molecule has 1 aliphatic heterocycles. The third-order valence-corrected chi connectivity index (χ3v) is 6.01. The van der Waals surface area contributed by atoms with E-state index in [2.05, 4.69) is 0 Å². The van der Waals surface area contributed by atoms with E-state index in [1.54, 1.807) is 35.7 Å². The molecule has 7 heteroatoms. The van der Waals surface area contributed by atoms with Crippen LogP contribution in [0.2, 0.25) is 0 Å². The van der Waals surface area contributed by atoms with E-state index in [1.165, 1.54) is 0 Å². The predicted octanol–water partition coefficient (Wildman–Crippen LogP) is 2.00. The second-order valence-corrected chi connectivity index (χ2v) is 8.24. The molecule has 0 aromatic heterocycles. The van der Waals surface area contributed by atoms with Gasteiger partial charge in [0, 0.05) is 26.2 Å². The van der Waals surface area contributed by atoms with E-state index in [9.17, 15) is 8.42 Å². The summed E-state index contributed by atoms with van der Waals surface area (Å²) in [4.78, 5) is 0.327. The fourth-order valence-corrected chi connectivity index (χ4v) is 4.23. The highest BCUT2D eigenvalue weighted by atomic mass is 35.5. The highest BCUT2D eigenvalue weighted by Gasteiger charge is 2.38. The van der Waals surface area contributed by atoms with E-state index in [1.807, 2.05) is 13.8 Å². The number of rotatable bonds is 4. The number of hydrogen-bond donors (Lipinski definition) is 1. The topological polar surface area (TPSA) is 72.6 Å². The minimum atomic E-state index is -3.45. The lowest BCUT2D eigenvalue weighted by Gasteiger charge is -2.41. The summed E-state index contributed by atoms with van der Waals surface area (Å²) in [5.41, 5.74) is 6.82. The van der Waals surface area contributed by atoms with Gasteiger partial charge in [-0.05, 0) is 29.5 Å². The lowest BCUT2D eigenvalue weighted by molar-refractivity contribution is 0.155. The molecule has 1 heterocycles. The summed E-state index contributed by atoms with van der Waals surface area (Å²) in [6.45, 7) is 5.44. The van der Waals surface area contributed by atoms with Crippen LogP contribution in [0.4, 0.5) is 0 Å². The Labute approximate surface area is 139 Å². The molecule has 126 valence electrons. The minimum Gasteiger partial charge on any atom is -0.380 e. The fourth-order valence-electron chi connectivity index (χ4n) is 2.60. The van der Waals surface area contributed by atoms with Crippen LogP contribution in [0.5, 0.6) is 0 Å². The monoisotopic (exact) mass is 348 g/mol. The Kier molecular flexibility index (Phi) is 6.41. The van der Waals surface area contributed by atoms with Gasteiger partial charge in [-0.3, -0.25) is 0 Å². The number of sulfonamides is 1. The minimum absolute atomic E-state index is 0. The molecule has 1 aromatic carbocycles. The lowest BCUT2D eigenvalue weighted by atomic mass is 9.81. The van der Waals surface area contributed by atoms with Crippen molar-refractivity contribution >= 4 is 22.4 Å². The van der Waals surface area contributed by atoms with Crippen molar-refractivity contribution in [2.24, 2.45) is 11.1 Å². The number of piperidine rings is 1. The molecule has 0 spiro atoms. The van der Waals surface area contributed by atoms with Gasteiger partial charge in [-0.25, -0.2) is 8.42 Å². The maximum Gasteiger partial charge on any atom is 0.243 e. The zero-order chi connectivity index (χ0) is 15.7. The summed E-state index contributed by atoms with van der Waals surface area (Å²) < 4.78 is 32.0. The number of ether oxygens (including phenoxy) is 1. The van der Waals surface area contributed by atoms with Gasteiger partial charge in [0.05, 0.1) is 11.5 Å². The standard InChI is InChI=1S/C15H24N2O3S.ClH/c1-15(2)11-17(9-8-14(15)16)21(18,19)13-6-4-12(5-7-13)10-20-3;/h4-7,14H,8-11,16H2,1-3H3;1H. The van der Waals surface area contributed by atoms with E-state index in [-0.39, 0.29) is 23.9 Å². The van der Waals surface area contributed by atoms with Crippen molar-refractivity contribution < 1.29 is 13.2 Å². The SMILES string of the molecule is COCc1ccc(S(=O)(=O)N2CCC(N)C(C)(C)C2)cc1.Cl. The fraction of sp³-hybridized carbons (Fsp3) is 0.600. The zero-order valence-electron chi connectivity index (χ0n) is 13.3. The molecule has 1 fully saturated rings. The first-order valence-corrected chi connectivity index (χ1v) is 8.55. The van der Waals surface area contributed by atoms with Crippen molar-refractivity contribution in [1.82, 2.24) is 4.31 Å². The van der Waals surface area contributed by atoms with Crippen LogP contribution in [-0.2, 0) is 21.4 Å². The first kappa shape index (κ1) is 19.4. The molecular weight excluding hydrogens is 324 g/mol. The summed E-state index contributed by atoms with van der Waals surface area (Å²) in [5, 5.41) is 0. The quantitative estimate of drug-likeness (QED) is 0.903. The molecule has 1 aliphatic rings. The smallest absolute Gasteiger partial charge is 0.243 e. The average Bonchev–Trinajstić information content (AvgIpc) is 2.42. The average molecular weight is 349 g/mol. The first-order valence-electron chi connectivity index (χ1n) is 7.11. The number of nitrogens with zero attached hydrogens (tertiary/aromatic N) is 1. The van der Waals surface area contributed by atoms with Crippen LogP contribution in [0.15, 0.2) is 29.2 Å². The second kappa shape index (κ2) is 7.27. The summed E-state index contributed by atoms with van der Waals surface area (Å²) in [6.07, 6.45) is 0.688. The van der Waals surface area contributed by atoms with E-state index in [0.717, 1.165) is 5.56 Å². The molecule has 0 amide bonds. The molecule has 1 unspecified atom stereocenters. The third-order valence-electron chi connectivity index (χ3n) is 4.15. The molecule has 1 aromatic rings. The van der Waals surface area contributed by atoms with Crippen LogP contribution in [0.1, 0.15) is 25.8 Å². The third kappa shape index (κ3) is 4.00. The predicted molar refractivity (Wildman–Crippen MR) is 89.5 cm³/mol. The molecule has 0 aliphatic carbocycles. The molecule has 0 saturated carbocycles. The summed E-state index contributed by atoms with van der Waals surface area (Å²) in [7, 11) is -1.84. The molecular formula is C15H25ClN2O3S. The molecule has 1 saturated heterocycles. The van der Waals surface area contributed by atoms with Crippen molar-refractivity contribution in [3.63, 3.8) is 0 Å². The Bertz CT molecular complexity index is 587. The van der Waals surface area contributed by atoms with E-state index in [0.29, 0.717) is 31.0 Å². The van der Waals surface area contributed by atoms with Crippen LogP contribution >= 0.6 is 12.4 Å². The number of nitrogens with two attached hydrogens (primary N) is 1. The number of hydrogen-bond acceptors (Lipinski definition) is 4. The normalized spacial score (nSPS) is 22.1. The largest absolute Gasteiger partial charge is 0.380 e. The number of halogens is 1. The van der Waals surface area contributed by atoms with Crippen molar-refractivity contribution in [3.8, 4) is 0 Å². The Morgan fingerprint density at radius 3 is 2.41 bits per heavy atom. The van der Waals surface area contributed by atoms with E-state index in [4.69, 9.17) is 10.5 Å². The van der Waals surface area contributed by atoms with Crippen molar-refractivity contribution in [1.29, 1.82) is 0 Å². The van der Waals surface area contributed by atoms with Crippen molar-refractivity contribution in [3.05, 3.63) is 29.8 Å². The highest BCUT2D eigenvalue weighted by Crippen LogP contribution is 2.31. The molecule has 2 N–H and O–H groups in total. The second-order valence-electron chi connectivity index (χ2n) is 6.30.